The fraction of sp³-hybridized carbons (Fsp3) is 0.300. The minimum absolute atomic E-state index is 0.142. The third-order valence-electron chi connectivity index (χ3n) is 3.91. The van der Waals surface area contributed by atoms with Crippen LogP contribution in [0.1, 0.15) is 37.9 Å². The molecular weight excluding hydrogens is 298 g/mol. The quantitative estimate of drug-likeness (QED) is 0.699. The molecule has 122 valence electrons. The van der Waals surface area contributed by atoms with Crippen molar-refractivity contribution in [3.8, 4) is 23.1 Å². The van der Waals surface area contributed by atoms with Crippen molar-refractivity contribution in [1.82, 2.24) is 9.38 Å². The highest BCUT2D eigenvalue weighted by Gasteiger charge is 2.19. The molecule has 0 bridgehead atoms. The number of rotatable bonds is 4. The predicted molar refractivity (Wildman–Crippen MR) is 95.2 cm³/mol. The van der Waals surface area contributed by atoms with E-state index in [0.29, 0.717) is 0 Å². The molecule has 4 nitrogen and oxygen atoms in total. The third kappa shape index (κ3) is 2.98. The molecule has 0 amide bonds. The van der Waals surface area contributed by atoms with Crippen LogP contribution in [-0.2, 0) is 0 Å². The summed E-state index contributed by atoms with van der Waals surface area (Å²) in [5.74, 6) is 0.589. The van der Waals surface area contributed by atoms with E-state index in [1.165, 1.54) is 0 Å². The lowest BCUT2D eigenvalue weighted by atomic mass is 10.0. The topological polar surface area (TPSA) is 50.3 Å². The Morgan fingerprint density at radius 1 is 1.08 bits per heavy atom. The Labute approximate surface area is 142 Å². The normalized spacial score (nSPS) is 12.3. The Kier molecular flexibility index (Phi) is 4.26. The van der Waals surface area contributed by atoms with Crippen molar-refractivity contribution in [2.45, 2.75) is 39.7 Å². The summed E-state index contributed by atoms with van der Waals surface area (Å²) in [5.41, 5.74) is 4.76. The maximum Gasteiger partial charge on any atom is 0.137 e. The Balaban J connectivity index is 2.13. The van der Waals surface area contributed by atoms with Crippen LogP contribution in [0.4, 0.5) is 0 Å². The van der Waals surface area contributed by atoms with Crippen molar-refractivity contribution in [3.05, 3.63) is 53.9 Å². The Morgan fingerprint density at radius 3 is 2.42 bits per heavy atom. The van der Waals surface area contributed by atoms with E-state index in [2.05, 4.69) is 6.07 Å². The minimum Gasteiger partial charge on any atom is -0.491 e. The van der Waals surface area contributed by atoms with Crippen molar-refractivity contribution in [1.29, 1.82) is 5.26 Å². The summed E-state index contributed by atoms with van der Waals surface area (Å²) in [4.78, 5) is 4.75. The lowest BCUT2D eigenvalue weighted by Crippen LogP contribution is -2.05. The van der Waals surface area contributed by atoms with Gasteiger partial charge in [0.05, 0.1) is 29.5 Å². The van der Waals surface area contributed by atoms with Crippen molar-refractivity contribution in [3.63, 3.8) is 0 Å². The van der Waals surface area contributed by atoms with E-state index >= 15 is 0 Å². The average Bonchev–Trinajstić information content (AvgIpc) is 2.92. The maximum absolute atomic E-state index is 9.44. The smallest absolute Gasteiger partial charge is 0.137 e. The molecule has 0 N–H and O–H groups in total. The molecule has 0 radical (unpaired) electrons. The second-order valence-electron chi connectivity index (χ2n) is 6.32. The first-order valence-electron chi connectivity index (χ1n) is 8.15. The van der Waals surface area contributed by atoms with Gasteiger partial charge in [-0.1, -0.05) is 6.07 Å². The summed E-state index contributed by atoms with van der Waals surface area (Å²) in [6.45, 7) is 7.96. The lowest BCUT2D eigenvalue weighted by molar-refractivity contribution is 0.242. The number of hydrogen-bond acceptors (Lipinski definition) is 3. The number of nitrogens with zero attached hydrogens (tertiary/aromatic N) is 3. The van der Waals surface area contributed by atoms with E-state index in [0.717, 1.165) is 33.9 Å². The van der Waals surface area contributed by atoms with Gasteiger partial charge in [0.1, 0.15) is 11.4 Å². The minimum atomic E-state index is -0.247. The molecule has 0 aliphatic heterocycles. The summed E-state index contributed by atoms with van der Waals surface area (Å²) >= 11 is 0. The fourth-order valence-corrected chi connectivity index (χ4v) is 2.82. The summed E-state index contributed by atoms with van der Waals surface area (Å²) in [5, 5.41) is 9.44. The second kappa shape index (κ2) is 6.37. The van der Waals surface area contributed by atoms with E-state index in [1.54, 1.807) is 0 Å². The van der Waals surface area contributed by atoms with E-state index in [9.17, 15) is 5.26 Å². The molecule has 0 saturated heterocycles. The van der Waals surface area contributed by atoms with Crippen LogP contribution in [0.15, 0.2) is 42.6 Å². The van der Waals surface area contributed by atoms with Crippen LogP contribution in [0.25, 0.3) is 16.9 Å². The average molecular weight is 319 g/mol. The summed E-state index contributed by atoms with van der Waals surface area (Å²) in [6.07, 6.45) is 2.17. The van der Waals surface area contributed by atoms with Gasteiger partial charge in [0.2, 0.25) is 0 Å². The van der Waals surface area contributed by atoms with E-state index < -0.39 is 0 Å². The fourth-order valence-electron chi connectivity index (χ4n) is 2.82. The first-order valence-corrected chi connectivity index (χ1v) is 8.15. The van der Waals surface area contributed by atoms with Gasteiger partial charge in [-0.25, -0.2) is 4.98 Å². The summed E-state index contributed by atoms with van der Waals surface area (Å²) in [6, 6.07) is 14.3. The predicted octanol–water partition coefficient (Wildman–Crippen LogP) is 4.72. The molecule has 1 atom stereocenters. The number of imidazole rings is 1. The molecule has 0 aliphatic rings. The largest absolute Gasteiger partial charge is 0.491 e. The van der Waals surface area contributed by atoms with Crippen molar-refractivity contribution < 1.29 is 4.74 Å². The van der Waals surface area contributed by atoms with E-state index in [1.807, 2.05) is 74.7 Å². The molecule has 0 saturated carbocycles. The molecule has 24 heavy (non-hydrogen) atoms. The van der Waals surface area contributed by atoms with Gasteiger partial charge in [0.15, 0.2) is 0 Å². The van der Waals surface area contributed by atoms with Gasteiger partial charge in [-0.2, -0.15) is 5.26 Å². The van der Waals surface area contributed by atoms with Gasteiger partial charge in [0.25, 0.3) is 0 Å². The Morgan fingerprint density at radius 2 is 1.79 bits per heavy atom. The number of benzene rings is 1. The van der Waals surface area contributed by atoms with Gasteiger partial charge in [-0.05, 0) is 63.6 Å². The highest BCUT2D eigenvalue weighted by Crippen LogP contribution is 2.31. The highest BCUT2D eigenvalue weighted by atomic mass is 16.5. The first kappa shape index (κ1) is 16.1. The number of aryl methyl sites for hydroxylation is 1. The van der Waals surface area contributed by atoms with E-state index in [4.69, 9.17) is 9.72 Å². The lowest BCUT2D eigenvalue weighted by Gasteiger charge is -2.11. The Bertz CT molecular complexity index is 901. The van der Waals surface area contributed by atoms with Gasteiger partial charge >= 0.3 is 0 Å². The molecule has 4 heteroatoms. The number of ether oxygens (including phenoxy) is 1. The number of aromatic nitrogens is 2. The van der Waals surface area contributed by atoms with Crippen molar-refractivity contribution in [2.24, 2.45) is 0 Å². The molecule has 0 spiro atoms. The van der Waals surface area contributed by atoms with Gasteiger partial charge in [0, 0.05) is 11.8 Å². The SMILES string of the molecule is Cc1ccc2nc(-c3ccc(OC(C)C)cc3)c(C(C)C#N)n2c1. The van der Waals surface area contributed by atoms with Crippen LogP contribution in [-0.4, -0.2) is 15.5 Å². The van der Waals surface area contributed by atoms with Crippen LogP contribution in [0.5, 0.6) is 5.75 Å². The molecule has 3 rings (SSSR count). The van der Waals surface area contributed by atoms with Crippen molar-refractivity contribution in [2.75, 3.05) is 0 Å². The summed E-state index contributed by atoms with van der Waals surface area (Å²) < 4.78 is 7.73. The molecule has 1 aromatic carbocycles. The molecule has 0 aliphatic carbocycles. The molecule has 2 heterocycles. The number of hydrogen-bond donors (Lipinski definition) is 0. The van der Waals surface area contributed by atoms with Crippen molar-refractivity contribution >= 4 is 5.65 Å². The highest BCUT2D eigenvalue weighted by molar-refractivity contribution is 5.68. The van der Waals surface area contributed by atoms with Gasteiger partial charge in [-0.3, -0.25) is 0 Å². The van der Waals surface area contributed by atoms with Crippen LogP contribution >= 0.6 is 0 Å². The zero-order valence-corrected chi connectivity index (χ0v) is 14.4. The molecule has 0 fully saturated rings. The number of fused-ring (bicyclic) bond motifs is 1. The van der Waals surface area contributed by atoms with Crippen LogP contribution in [0, 0.1) is 18.3 Å². The zero-order chi connectivity index (χ0) is 17.3. The molecule has 2 aromatic heterocycles. The Hall–Kier alpha value is -2.80. The second-order valence-corrected chi connectivity index (χ2v) is 6.32. The number of pyridine rings is 1. The molecule has 3 aromatic rings. The summed E-state index contributed by atoms with van der Waals surface area (Å²) in [7, 11) is 0. The van der Waals surface area contributed by atoms with Crippen LogP contribution in [0.2, 0.25) is 0 Å². The molecular formula is C20H21N3O. The third-order valence-corrected chi connectivity index (χ3v) is 3.91. The van der Waals surface area contributed by atoms with Gasteiger partial charge in [-0.15, -0.1) is 0 Å². The van der Waals surface area contributed by atoms with Crippen LogP contribution in [0.3, 0.4) is 0 Å². The standard InChI is InChI=1S/C20H21N3O/c1-13(2)24-17-8-6-16(7-9-17)19-20(15(4)11-21)23-12-14(3)5-10-18(23)22-19/h5-10,12-13,15H,1-4H3. The van der Waals surface area contributed by atoms with Gasteiger partial charge < -0.3 is 9.14 Å². The van der Waals surface area contributed by atoms with Crippen LogP contribution < -0.4 is 4.74 Å². The maximum atomic E-state index is 9.44. The zero-order valence-electron chi connectivity index (χ0n) is 14.4. The first-order chi connectivity index (χ1) is 11.5. The monoisotopic (exact) mass is 319 g/mol. The van der Waals surface area contributed by atoms with E-state index in [-0.39, 0.29) is 12.0 Å². The molecule has 1 unspecified atom stereocenters. The number of nitriles is 1.